The maximum absolute atomic E-state index is 13.2. The largest absolute Gasteiger partial charge is 0.488 e. The number of anilines is 1. The van der Waals surface area contributed by atoms with Gasteiger partial charge in [-0.1, -0.05) is 60.1 Å². The second kappa shape index (κ2) is 9.71. The van der Waals surface area contributed by atoms with E-state index in [1.54, 1.807) is 6.20 Å². The molecule has 5 aromatic rings. The van der Waals surface area contributed by atoms with Crippen LogP contribution in [0.25, 0.3) is 11.0 Å². The number of furan rings is 1. The van der Waals surface area contributed by atoms with Gasteiger partial charge in [0.05, 0.1) is 0 Å². The van der Waals surface area contributed by atoms with Crippen LogP contribution < -0.4 is 10.1 Å². The Hall–Kier alpha value is -3.61. The number of para-hydroxylation sites is 2. The minimum absolute atomic E-state index is 0.211. The Morgan fingerprint density at radius 2 is 1.91 bits per heavy atom. The van der Waals surface area contributed by atoms with Crippen molar-refractivity contribution in [1.29, 1.82) is 0 Å². The number of fused-ring (bicyclic) bond motifs is 1. The van der Waals surface area contributed by atoms with E-state index in [1.165, 1.54) is 11.3 Å². The number of nitrogens with zero attached hydrogens (tertiary/aromatic N) is 1. The molecule has 170 valence electrons. The summed E-state index contributed by atoms with van der Waals surface area (Å²) in [5.41, 5.74) is 3.45. The fourth-order valence-electron chi connectivity index (χ4n) is 3.74. The van der Waals surface area contributed by atoms with Gasteiger partial charge >= 0.3 is 0 Å². The Morgan fingerprint density at radius 3 is 2.76 bits per heavy atom. The molecule has 7 heteroatoms. The quantitative estimate of drug-likeness (QED) is 0.261. The van der Waals surface area contributed by atoms with E-state index in [-0.39, 0.29) is 18.3 Å². The minimum atomic E-state index is -0.358. The van der Waals surface area contributed by atoms with Crippen LogP contribution in [0, 0.1) is 6.92 Å². The lowest BCUT2D eigenvalue weighted by atomic mass is 10.1. The Balaban J connectivity index is 1.36. The molecule has 0 unspecified atom stereocenters. The summed E-state index contributed by atoms with van der Waals surface area (Å²) in [5, 5.41) is 4.93. The topological polar surface area (TPSA) is 64.4 Å². The molecule has 34 heavy (non-hydrogen) atoms. The van der Waals surface area contributed by atoms with E-state index in [9.17, 15) is 4.79 Å². The van der Waals surface area contributed by atoms with Crippen LogP contribution >= 0.6 is 22.9 Å². The van der Waals surface area contributed by atoms with Crippen LogP contribution in [0.5, 0.6) is 5.75 Å². The van der Waals surface area contributed by atoms with Gasteiger partial charge in [0.15, 0.2) is 10.9 Å². The van der Waals surface area contributed by atoms with E-state index < -0.39 is 0 Å². The van der Waals surface area contributed by atoms with Crippen molar-refractivity contribution in [2.45, 2.75) is 20.0 Å². The van der Waals surface area contributed by atoms with Gasteiger partial charge in [-0.05, 0) is 42.3 Å². The van der Waals surface area contributed by atoms with Crippen LogP contribution in [0.15, 0.2) is 83.4 Å². The van der Waals surface area contributed by atoms with Crippen LogP contribution in [0.2, 0.25) is 5.02 Å². The van der Waals surface area contributed by atoms with E-state index >= 15 is 0 Å². The van der Waals surface area contributed by atoms with E-state index in [4.69, 9.17) is 20.8 Å². The molecule has 0 aliphatic rings. The lowest BCUT2D eigenvalue weighted by Gasteiger charge is -2.09. The molecular formula is C27H21ClN2O3S. The number of aromatic nitrogens is 1. The molecule has 0 aliphatic heterocycles. The summed E-state index contributed by atoms with van der Waals surface area (Å²) in [6, 6.07) is 23.1. The fourth-order valence-corrected chi connectivity index (χ4v) is 4.80. The summed E-state index contributed by atoms with van der Waals surface area (Å²) in [7, 11) is 0. The highest BCUT2D eigenvalue weighted by atomic mass is 35.5. The number of carbonyl (C=O) groups is 1. The highest BCUT2D eigenvalue weighted by Gasteiger charge is 2.22. The number of hydrogen-bond donors (Lipinski definition) is 1. The Morgan fingerprint density at radius 1 is 1.09 bits per heavy atom. The van der Waals surface area contributed by atoms with Crippen LogP contribution in [-0.4, -0.2) is 10.9 Å². The molecule has 0 atom stereocenters. The first-order valence-corrected chi connectivity index (χ1v) is 12.0. The third kappa shape index (κ3) is 4.83. The summed E-state index contributed by atoms with van der Waals surface area (Å²) in [6.07, 6.45) is 2.45. The summed E-state index contributed by atoms with van der Waals surface area (Å²) >= 11 is 7.51. The van der Waals surface area contributed by atoms with Crippen molar-refractivity contribution in [1.82, 2.24) is 4.98 Å². The van der Waals surface area contributed by atoms with Crippen molar-refractivity contribution in [3.05, 3.63) is 111 Å². The summed E-state index contributed by atoms with van der Waals surface area (Å²) in [5.74, 6) is 0.634. The van der Waals surface area contributed by atoms with Gasteiger partial charge in [0, 0.05) is 33.5 Å². The molecule has 2 heterocycles. The van der Waals surface area contributed by atoms with Gasteiger partial charge in [-0.15, -0.1) is 11.3 Å². The fraction of sp³-hybridized carbons (Fsp3) is 0.111. The second-order valence-corrected chi connectivity index (χ2v) is 9.40. The number of halogens is 1. The molecule has 0 saturated heterocycles. The van der Waals surface area contributed by atoms with Crippen LogP contribution in [0.1, 0.15) is 32.1 Å². The van der Waals surface area contributed by atoms with Crippen molar-refractivity contribution in [3.63, 3.8) is 0 Å². The zero-order valence-electron chi connectivity index (χ0n) is 18.4. The highest BCUT2D eigenvalue weighted by molar-refractivity contribution is 7.15. The molecule has 0 aliphatic carbocycles. The van der Waals surface area contributed by atoms with Gasteiger partial charge in [0.2, 0.25) is 0 Å². The number of aryl methyl sites for hydroxylation is 1. The zero-order chi connectivity index (χ0) is 23.5. The van der Waals surface area contributed by atoms with E-state index in [2.05, 4.69) is 10.3 Å². The van der Waals surface area contributed by atoms with Crippen molar-refractivity contribution in [2.75, 3.05) is 5.32 Å². The van der Waals surface area contributed by atoms with Crippen LogP contribution in [0.4, 0.5) is 5.13 Å². The molecule has 5 nitrogen and oxygen atoms in total. The number of amides is 1. The number of thiazole rings is 1. The first-order valence-electron chi connectivity index (χ1n) is 10.8. The SMILES string of the molecule is Cc1ccccc1OCc1c(C(=O)Nc2ncc(Cc3cccc(Cl)c3)s2)oc2ccccc12. The first kappa shape index (κ1) is 22.2. The minimum Gasteiger partial charge on any atom is -0.488 e. The standard InChI is InChI=1S/C27H21ClN2O3S/c1-17-7-2-4-11-23(17)32-16-22-21-10-3-5-12-24(21)33-25(22)26(31)30-27-29-15-20(34-27)14-18-8-6-9-19(28)13-18/h2-13,15H,14,16H2,1H3,(H,29,30,31). The van der Waals surface area contributed by atoms with Crippen LogP contribution in [0.3, 0.4) is 0 Å². The van der Waals surface area contributed by atoms with Gasteiger partial charge in [-0.3, -0.25) is 10.1 Å². The van der Waals surface area contributed by atoms with Crippen LogP contribution in [-0.2, 0) is 13.0 Å². The average Bonchev–Trinajstić information content (AvgIpc) is 3.42. The van der Waals surface area contributed by atoms with Crippen molar-refractivity contribution >= 4 is 44.9 Å². The van der Waals surface area contributed by atoms with Crippen molar-refractivity contribution in [3.8, 4) is 5.75 Å². The van der Waals surface area contributed by atoms with Gasteiger partial charge in [0.25, 0.3) is 5.91 Å². The molecule has 2 aromatic heterocycles. The van der Waals surface area contributed by atoms with E-state index in [0.717, 1.165) is 27.1 Å². The number of carbonyl (C=O) groups excluding carboxylic acids is 1. The monoisotopic (exact) mass is 488 g/mol. The molecule has 1 N–H and O–H groups in total. The molecule has 5 rings (SSSR count). The molecule has 3 aromatic carbocycles. The molecule has 0 bridgehead atoms. The van der Waals surface area contributed by atoms with E-state index in [1.807, 2.05) is 79.7 Å². The van der Waals surface area contributed by atoms with Crippen molar-refractivity contribution in [2.24, 2.45) is 0 Å². The summed E-state index contributed by atoms with van der Waals surface area (Å²) < 4.78 is 12.0. The molecule has 1 amide bonds. The van der Waals surface area contributed by atoms with Gasteiger partial charge in [-0.25, -0.2) is 4.98 Å². The van der Waals surface area contributed by atoms with E-state index in [0.29, 0.717) is 27.7 Å². The Bertz CT molecular complexity index is 1470. The number of ether oxygens (including phenoxy) is 1. The first-order chi connectivity index (χ1) is 16.6. The third-order valence-electron chi connectivity index (χ3n) is 5.41. The van der Waals surface area contributed by atoms with Gasteiger partial charge in [-0.2, -0.15) is 0 Å². The maximum atomic E-state index is 13.2. The predicted octanol–water partition coefficient (Wildman–Crippen LogP) is 7.27. The number of nitrogens with one attached hydrogen (secondary N) is 1. The summed E-state index contributed by atoms with van der Waals surface area (Å²) in [4.78, 5) is 18.6. The number of rotatable bonds is 7. The highest BCUT2D eigenvalue weighted by Crippen LogP contribution is 2.30. The molecular weight excluding hydrogens is 468 g/mol. The molecule has 0 fully saturated rings. The Labute approximate surface area is 206 Å². The molecule has 0 spiro atoms. The lowest BCUT2D eigenvalue weighted by molar-refractivity contribution is 0.0995. The third-order valence-corrected chi connectivity index (χ3v) is 6.56. The maximum Gasteiger partial charge on any atom is 0.293 e. The number of benzene rings is 3. The predicted molar refractivity (Wildman–Crippen MR) is 136 cm³/mol. The Kier molecular flexibility index (Phi) is 6.34. The average molecular weight is 489 g/mol. The lowest BCUT2D eigenvalue weighted by Crippen LogP contribution is -2.13. The number of hydrogen-bond acceptors (Lipinski definition) is 5. The summed E-state index contributed by atoms with van der Waals surface area (Å²) in [6.45, 7) is 2.20. The van der Waals surface area contributed by atoms with Gasteiger partial charge < -0.3 is 9.15 Å². The molecule has 0 saturated carbocycles. The molecule has 0 radical (unpaired) electrons. The van der Waals surface area contributed by atoms with Crippen molar-refractivity contribution < 1.29 is 13.9 Å². The normalized spacial score (nSPS) is 11.0. The van der Waals surface area contributed by atoms with Gasteiger partial charge in [0.1, 0.15) is 17.9 Å². The smallest absolute Gasteiger partial charge is 0.293 e. The zero-order valence-corrected chi connectivity index (χ0v) is 20.0. The second-order valence-electron chi connectivity index (χ2n) is 7.85.